The third kappa shape index (κ3) is 2.97. The molecule has 106 valence electrons. The maximum absolute atomic E-state index is 12.1. The van der Waals surface area contributed by atoms with Crippen LogP contribution in [0.1, 0.15) is 48.5 Å². The van der Waals surface area contributed by atoms with Gasteiger partial charge in [0.1, 0.15) is 5.60 Å². The molecule has 0 spiro atoms. The number of aliphatic hydroxyl groups excluding tert-OH is 1. The van der Waals surface area contributed by atoms with Crippen molar-refractivity contribution in [2.75, 3.05) is 13.2 Å². The highest BCUT2D eigenvalue weighted by molar-refractivity contribution is 5.70. The van der Waals surface area contributed by atoms with E-state index >= 15 is 0 Å². The second kappa shape index (κ2) is 4.41. The molecule has 0 radical (unpaired) electrons. The van der Waals surface area contributed by atoms with E-state index in [9.17, 15) is 9.90 Å². The van der Waals surface area contributed by atoms with Gasteiger partial charge in [-0.1, -0.05) is 27.7 Å². The average Bonchev–Trinajstić information content (AvgIpc) is 2.07. The Labute approximate surface area is 110 Å². The number of hydrogen-bond acceptors (Lipinski definition) is 3. The summed E-state index contributed by atoms with van der Waals surface area (Å²) >= 11 is 0. The Morgan fingerprint density at radius 1 is 1.33 bits per heavy atom. The number of nitrogens with zero attached hydrogens (tertiary/aromatic N) is 1. The molecule has 0 aliphatic carbocycles. The molecular weight excluding hydrogens is 230 g/mol. The van der Waals surface area contributed by atoms with E-state index in [-0.39, 0.29) is 29.6 Å². The molecule has 4 heteroatoms. The zero-order valence-electron chi connectivity index (χ0n) is 12.7. The highest BCUT2D eigenvalue weighted by atomic mass is 16.6. The minimum absolute atomic E-state index is 0.00449. The van der Waals surface area contributed by atoms with E-state index in [0.717, 1.165) is 0 Å². The van der Waals surface area contributed by atoms with Crippen molar-refractivity contribution in [1.82, 2.24) is 4.90 Å². The molecule has 0 aromatic rings. The predicted octanol–water partition coefficient (Wildman–Crippen LogP) is 2.65. The molecule has 1 heterocycles. The first kappa shape index (κ1) is 15.3. The van der Waals surface area contributed by atoms with E-state index in [1.165, 1.54) is 0 Å². The van der Waals surface area contributed by atoms with Crippen LogP contribution in [0.4, 0.5) is 4.79 Å². The third-order valence-electron chi connectivity index (χ3n) is 3.31. The fourth-order valence-corrected chi connectivity index (χ4v) is 2.97. The van der Waals surface area contributed by atoms with Gasteiger partial charge >= 0.3 is 6.09 Å². The lowest BCUT2D eigenvalue weighted by molar-refractivity contribution is -0.132. The molecule has 2 unspecified atom stereocenters. The van der Waals surface area contributed by atoms with Crippen molar-refractivity contribution in [2.45, 2.75) is 60.1 Å². The summed E-state index contributed by atoms with van der Waals surface area (Å²) in [6.07, 6.45) is -0.284. The summed E-state index contributed by atoms with van der Waals surface area (Å²) in [5.74, 6) is 0. The van der Waals surface area contributed by atoms with Gasteiger partial charge in [0.15, 0.2) is 0 Å². The first-order valence-electron chi connectivity index (χ1n) is 6.51. The zero-order valence-corrected chi connectivity index (χ0v) is 12.7. The summed E-state index contributed by atoms with van der Waals surface area (Å²) in [4.78, 5) is 13.9. The van der Waals surface area contributed by atoms with Gasteiger partial charge in [-0.3, -0.25) is 0 Å². The fraction of sp³-hybridized carbons (Fsp3) is 0.929. The van der Waals surface area contributed by atoms with E-state index in [1.54, 1.807) is 4.90 Å². The van der Waals surface area contributed by atoms with E-state index < -0.39 is 5.60 Å². The maximum atomic E-state index is 12.1. The molecule has 4 nitrogen and oxygen atoms in total. The van der Waals surface area contributed by atoms with Gasteiger partial charge in [-0.15, -0.1) is 0 Å². The average molecular weight is 257 g/mol. The summed E-state index contributed by atoms with van der Waals surface area (Å²) < 4.78 is 5.41. The largest absolute Gasteiger partial charge is 0.444 e. The summed E-state index contributed by atoms with van der Waals surface area (Å²) in [6, 6.07) is 0.00449. The van der Waals surface area contributed by atoms with Crippen LogP contribution in [0.5, 0.6) is 0 Å². The molecule has 1 N–H and O–H groups in total. The molecule has 0 aromatic heterocycles. The van der Waals surface area contributed by atoms with Crippen molar-refractivity contribution in [3.8, 4) is 0 Å². The normalized spacial score (nSPS) is 28.9. The highest BCUT2D eigenvalue weighted by Crippen LogP contribution is 2.46. The van der Waals surface area contributed by atoms with Crippen LogP contribution < -0.4 is 0 Å². The molecule has 0 bridgehead atoms. The topological polar surface area (TPSA) is 49.8 Å². The standard InChI is InChI=1S/C14H27NO3/c1-12(2,3)10-14(7,9-16)8-15(10)11(17)18-13(4,5)6/h10,16H,8-9H2,1-7H3. The van der Waals surface area contributed by atoms with Crippen LogP contribution in [-0.2, 0) is 4.74 Å². The van der Waals surface area contributed by atoms with E-state index in [2.05, 4.69) is 20.8 Å². The van der Waals surface area contributed by atoms with Crippen LogP contribution in [0, 0.1) is 10.8 Å². The molecule has 1 amide bonds. The predicted molar refractivity (Wildman–Crippen MR) is 71.4 cm³/mol. The Morgan fingerprint density at radius 2 is 1.83 bits per heavy atom. The van der Waals surface area contributed by atoms with Crippen LogP contribution in [0.3, 0.4) is 0 Å². The maximum Gasteiger partial charge on any atom is 0.410 e. The quantitative estimate of drug-likeness (QED) is 0.785. The Balaban J connectivity index is 2.84. The van der Waals surface area contributed by atoms with Gasteiger partial charge in [0.05, 0.1) is 6.61 Å². The molecular formula is C14H27NO3. The minimum atomic E-state index is -0.481. The molecule has 1 saturated heterocycles. The van der Waals surface area contributed by atoms with Crippen LogP contribution in [-0.4, -0.2) is 40.9 Å². The first-order chi connectivity index (χ1) is 7.91. The lowest BCUT2D eigenvalue weighted by atomic mass is 9.63. The van der Waals surface area contributed by atoms with Crippen molar-refractivity contribution in [2.24, 2.45) is 10.8 Å². The van der Waals surface area contributed by atoms with Gasteiger partial charge in [0, 0.05) is 18.0 Å². The number of amides is 1. The molecule has 18 heavy (non-hydrogen) atoms. The highest BCUT2D eigenvalue weighted by Gasteiger charge is 2.56. The molecule has 0 aromatic carbocycles. The summed E-state index contributed by atoms with van der Waals surface area (Å²) in [5.41, 5.74) is -0.785. The molecule has 2 atom stereocenters. The SMILES string of the molecule is CC(C)(C)OC(=O)N1CC(C)(CO)C1C(C)(C)C. The van der Waals surface area contributed by atoms with E-state index in [1.807, 2.05) is 27.7 Å². The van der Waals surface area contributed by atoms with Gasteiger partial charge in [0.2, 0.25) is 0 Å². The molecule has 1 rings (SSSR count). The van der Waals surface area contributed by atoms with E-state index in [0.29, 0.717) is 6.54 Å². The minimum Gasteiger partial charge on any atom is -0.444 e. The van der Waals surface area contributed by atoms with Crippen LogP contribution in [0.15, 0.2) is 0 Å². The van der Waals surface area contributed by atoms with Gasteiger partial charge < -0.3 is 14.7 Å². The van der Waals surface area contributed by atoms with E-state index in [4.69, 9.17) is 4.74 Å². The Bertz CT molecular complexity index is 327. The fourth-order valence-electron chi connectivity index (χ4n) is 2.97. The van der Waals surface area contributed by atoms with Crippen molar-refractivity contribution in [3.63, 3.8) is 0 Å². The number of carbonyl (C=O) groups is 1. The number of carbonyl (C=O) groups excluding carboxylic acids is 1. The molecule has 1 aliphatic rings. The van der Waals surface area contributed by atoms with Crippen LogP contribution in [0.25, 0.3) is 0 Å². The number of likely N-dealkylation sites (tertiary alicyclic amines) is 1. The number of hydrogen-bond donors (Lipinski definition) is 1. The number of ether oxygens (including phenoxy) is 1. The third-order valence-corrected chi connectivity index (χ3v) is 3.31. The molecule has 1 aliphatic heterocycles. The van der Waals surface area contributed by atoms with Gasteiger partial charge in [-0.2, -0.15) is 0 Å². The lowest BCUT2D eigenvalue weighted by Gasteiger charge is -2.59. The Kier molecular flexibility index (Phi) is 3.74. The summed E-state index contributed by atoms with van der Waals surface area (Å²) in [7, 11) is 0. The van der Waals surface area contributed by atoms with Gasteiger partial charge in [-0.05, 0) is 26.2 Å². The molecule has 0 saturated carbocycles. The van der Waals surface area contributed by atoms with Crippen LogP contribution in [0.2, 0.25) is 0 Å². The number of rotatable bonds is 1. The second-order valence-corrected chi connectivity index (χ2v) is 7.69. The van der Waals surface area contributed by atoms with Crippen LogP contribution >= 0.6 is 0 Å². The first-order valence-corrected chi connectivity index (χ1v) is 6.51. The zero-order chi connectivity index (χ0) is 14.4. The Hall–Kier alpha value is -0.770. The monoisotopic (exact) mass is 257 g/mol. The number of aliphatic hydroxyl groups is 1. The Morgan fingerprint density at radius 3 is 2.17 bits per heavy atom. The molecule has 1 fully saturated rings. The summed E-state index contributed by atoms with van der Waals surface area (Å²) in [6.45, 7) is 14.5. The van der Waals surface area contributed by atoms with Crippen molar-refractivity contribution in [1.29, 1.82) is 0 Å². The van der Waals surface area contributed by atoms with Crippen molar-refractivity contribution >= 4 is 6.09 Å². The summed E-state index contributed by atoms with van der Waals surface area (Å²) in [5, 5.41) is 9.53. The lowest BCUT2D eigenvalue weighted by Crippen LogP contribution is -2.71. The smallest absolute Gasteiger partial charge is 0.410 e. The second-order valence-electron chi connectivity index (χ2n) is 7.69. The van der Waals surface area contributed by atoms with Crippen molar-refractivity contribution in [3.05, 3.63) is 0 Å². The van der Waals surface area contributed by atoms with Crippen molar-refractivity contribution < 1.29 is 14.6 Å². The van der Waals surface area contributed by atoms with Gasteiger partial charge in [0.25, 0.3) is 0 Å². The van der Waals surface area contributed by atoms with Gasteiger partial charge in [-0.25, -0.2) is 4.79 Å².